The summed E-state index contributed by atoms with van der Waals surface area (Å²) in [5.74, 6) is 0.418. The second-order valence-corrected chi connectivity index (χ2v) is 10.8. The number of anilines is 1. The fraction of sp³-hybridized carbons (Fsp3) is 0.462. The van der Waals surface area contributed by atoms with Gasteiger partial charge in [0.25, 0.3) is 0 Å². The van der Waals surface area contributed by atoms with Gasteiger partial charge in [0.1, 0.15) is 24.1 Å². The molecule has 0 aliphatic carbocycles. The van der Waals surface area contributed by atoms with Crippen LogP contribution in [-0.4, -0.2) is 64.2 Å². The number of para-hydroxylation sites is 2. The van der Waals surface area contributed by atoms with E-state index in [1.807, 2.05) is 13.8 Å². The molecule has 198 valence electrons. The van der Waals surface area contributed by atoms with E-state index in [0.29, 0.717) is 24.7 Å². The molecule has 0 heterocycles. The van der Waals surface area contributed by atoms with Crippen molar-refractivity contribution in [3.05, 3.63) is 54.1 Å². The Balaban J connectivity index is 2.41. The maximum absolute atomic E-state index is 13.6. The molecule has 0 aromatic heterocycles. The van der Waals surface area contributed by atoms with Gasteiger partial charge in [-0.15, -0.1) is 0 Å². The summed E-state index contributed by atoms with van der Waals surface area (Å²) in [6.45, 7) is 7.81. The zero-order valence-electron chi connectivity index (χ0n) is 21.9. The van der Waals surface area contributed by atoms with Crippen molar-refractivity contribution in [1.29, 1.82) is 0 Å². The minimum absolute atomic E-state index is 0.115. The summed E-state index contributed by atoms with van der Waals surface area (Å²) in [6.07, 6.45) is 1.04. The van der Waals surface area contributed by atoms with Crippen molar-refractivity contribution in [2.45, 2.75) is 40.3 Å². The molecule has 2 amide bonds. The monoisotopic (exact) mass is 519 g/mol. The van der Waals surface area contributed by atoms with E-state index in [-0.39, 0.29) is 24.1 Å². The van der Waals surface area contributed by atoms with Gasteiger partial charge in [0, 0.05) is 13.1 Å². The first-order chi connectivity index (χ1) is 17.0. The van der Waals surface area contributed by atoms with Crippen LogP contribution >= 0.6 is 0 Å². The molecule has 2 aromatic carbocycles. The van der Waals surface area contributed by atoms with E-state index in [1.54, 1.807) is 69.5 Å². The van der Waals surface area contributed by atoms with Crippen LogP contribution in [-0.2, 0) is 26.2 Å². The average molecular weight is 520 g/mol. The molecule has 0 aliphatic rings. The van der Waals surface area contributed by atoms with Crippen LogP contribution in [0.5, 0.6) is 11.5 Å². The molecule has 0 radical (unpaired) electrons. The van der Waals surface area contributed by atoms with Gasteiger partial charge in [0.15, 0.2) is 0 Å². The van der Waals surface area contributed by atoms with E-state index in [0.717, 1.165) is 16.1 Å². The Kier molecular flexibility index (Phi) is 10.6. The predicted octanol–water partition coefficient (Wildman–Crippen LogP) is 3.05. The summed E-state index contributed by atoms with van der Waals surface area (Å²) < 4.78 is 37.3. The lowest BCUT2D eigenvalue weighted by Gasteiger charge is -2.32. The number of amides is 2. The molecule has 0 fully saturated rings. The molecule has 1 N–H and O–H groups in total. The van der Waals surface area contributed by atoms with Crippen LogP contribution in [0.15, 0.2) is 48.5 Å². The smallest absolute Gasteiger partial charge is 0.244 e. The van der Waals surface area contributed by atoms with Crippen molar-refractivity contribution in [3.63, 3.8) is 0 Å². The third kappa shape index (κ3) is 8.15. The summed E-state index contributed by atoms with van der Waals surface area (Å²) in [4.78, 5) is 27.9. The molecule has 0 saturated heterocycles. The van der Waals surface area contributed by atoms with Crippen LogP contribution in [0.25, 0.3) is 0 Å². The average Bonchev–Trinajstić information content (AvgIpc) is 2.84. The van der Waals surface area contributed by atoms with Gasteiger partial charge in [0.2, 0.25) is 21.8 Å². The number of hydrogen-bond acceptors (Lipinski definition) is 6. The number of benzene rings is 2. The quantitative estimate of drug-likeness (QED) is 0.436. The van der Waals surface area contributed by atoms with Crippen LogP contribution in [0.2, 0.25) is 0 Å². The van der Waals surface area contributed by atoms with E-state index in [1.165, 1.54) is 4.90 Å². The molecule has 2 aromatic rings. The second-order valence-electron chi connectivity index (χ2n) is 8.86. The first-order valence-corrected chi connectivity index (χ1v) is 13.7. The summed E-state index contributed by atoms with van der Waals surface area (Å²) in [5, 5.41) is 2.86. The topological polar surface area (TPSA) is 105 Å². The van der Waals surface area contributed by atoms with Gasteiger partial charge in [-0.05, 0) is 49.6 Å². The maximum Gasteiger partial charge on any atom is 0.244 e. The standard InChI is InChI=1S/C26H37N3O6S/c1-7-35-24-11-9-8-10-23(24)29(36(6,32)33)18-25(30)28(20(4)26(31)27-16-19(2)3)17-21-12-14-22(34-5)15-13-21/h8-15,19-20H,7,16-18H2,1-6H3,(H,27,31)/t20-/m0/s1. The van der Waals surface area contributed by atoms with Crippen molar-refractivity contribution in [3.8, 4) is 11.5 Å². The number of rotatable bonds is 13. The Morgan fingerprint density at radius 1 is 1.03 bits per heavy atom. The molecular weight excluding hydrogens is 482 g/mol. The number of methoxy groups -OCH3 is 1. The molecule has 0 bridgehead atoms. The van der Waals surface area contributed by atoms with Gasteiger partial charge in [-0.2, -0.15) is 0 Å². The molecule has 36 heavy (non-hydrogen) atoms. The molecule has 1 atom stereocenters. The van der Waals surface area contributed by atoms with Crippen molar-refractivity contribution < 1.29 is 27.5 Å². The van der Waals surface area contributed by atoms with E-state index in [9.17, 15) is 18.0 Å². The molecule has 10 heteroatoms. The zero-order chi connectivity index (χ0) is 26.9. The van der Waals surface area contributed by atoms with Gasteiger partial charge in [-0.25, -0.2) is 8.42 Å². The highest BCUT2D eigenvalue weighted by atomic mass is 32.2. The fourth-order valence-corrected chi connectivity index (χ4v) is 4.35. The SMILES string of the molecule is CCOc1ccccc1N(CC(=O)N(Cc1ccc(OC)cc1)[C@@H](C)C(=O)NCC(C)C)S(C)(=O)=O. The Labute approximate surface area is 214 Å². The molecule has 0 spiro atoms. The number of nitrogens with one attached hydrogen (secondary N) is 1. The zero-order valence-corrected chi connectivity index (χ0v) is 22.7. The van der Waals surface area contributed by atoms with Gasteiger partial charge in [-0.3, -0.25) is 13.9 Å². The summed E-state index contributed by atoms with van der Waals surface area (Å²) in [6, 6.07) is 13.0. The van der Waals surface area contributed by atoms with E-state index < -0.39 is 28.5 Å². The maximum atomic E-state index is 13.6. The van der Waals surface area contributed by atoms with Gasteiger partial charge in [-0.1, -0.05) is 38.1 Å². The van der Waals surface area contributed by atoms with Crippen molar-refractivity contribution in [2.75, 3.05) is 37.4 Å². The fourth-order valence-electron chi connectivity index (χ4n) is 3.50. The lowest BCUT2D eigenvalue weighted by atomic mass is 10.1. The highest BCUT2D eigenvalue weighted by Crippen LogP contribution is 2.30. The Hall–Kier alpha value is -3.27. The normalized spacial score (nSPS) is 12.1. The van der Waals surface area contributed by atoms with Crippen LogP contribution in [0, 0.1) is 5.92 Å². The number of sulfonamides is 1. The van der Waals surface area contributed by atoms with E-state index >= 15 is 0 Å². The number of hydrogen-bond donors (Lipinski definition) is 1. The first-order valence-electron chi connectivity index (χ1n) is 11.9. The molecule has 0 aliphatic heterocycles. The minimum Gasteiger partial charge on any atom is -0.497 e. The van der Waals surface area contributed by atoms with Gasteiger partial charge >= 0.3 is 0 Å². The highest BCUT2D eigenvalue weighted by Gasteiger charge is 2.31. The van der Waals surface area contributed by atoms with Crippen molar-refractivity contribution >= 4 is 27.5 Å². The number of carbonyl (C=O) groups is 2. The summed E-state index contributed by atoms with van der Waals surface area (Å²) >= 11 is 0. The largest absolute Gasteiger partial charge is 0.497 e. The number of carbonyl (C=O) groups excluding carboxylic acids is 2. The van der Waals surface area contributed by atoms with Gasteiger partial charge in [0.05, 0.1) is 25.7 Å². The summed E-state index contributed by atoms with van der Waals surface area (Å²) in [7, 11) is -2.29. The van der Waals surface area contributed by atoms with Gasteiger partial charge < -0.3 is 19.7 Å². The van der Waals surface area contributed by atoms with E-state index in [2.05, 4.69) is 5.32 Å². The molecule has 0 saturated carbocycles. The second kappa shape index (κ2) is 13.2. The third-order valence-electron chi connectivity index (χ3n) is 5.48. The Morgan fingerprint density at radius 3 is 2.22 bits per heavy atom. The molecule has 2 rings (SSSR count). The first kappa shape index (κ1) is 29.0. The summed E-state index contributed by atoms with van der Waals surface area (Å²) in [5.41, 5.74) is 1.03. The highest BCUT2D eigenvalue weighted by molar-refractivity contribution is 7.92. The molecule has 9 nitrogen and oxygen atoms in total. The Morgan fingerprint density at radius 2 is 1.67 bits per heavy atom. The lowest BCUT2D eigenvalue weighted by Crippen LogP contribution is -2.51. The van der Waals surface area contributed by atoms with E-state index in [4.69, 9.17) is 9.47 Å². The van der Waals surface area contributed by atoms with Crippen LogP contribution in [0.3, 0.4) is 0 Å². The predicted molar refractivity (Wildman–Crippen MR) is 141 cm³/mol. The minimum atomic E-state index is -3.85. The van der Waals surface area contributed by atoms with Crippen LogP contribution in [0.1, 0.15) is 33.3 Å². The molecule has 0 unspecified atom stereocenters. The van der Waals surface area contributed by atoms with Crippen LogP contribution in [0.4, 0.5) is 5.69 Å². The number of ether oxygens (including phenoxy) is 2. The molecular formula is C26H37N3O6S. The van der Waals surface area contributed by atoms with Crippen molar-refractivity contribution in [1.82, 2.24) is 10.2 Å². The van der Waals surface area contributed by atoms with Crippen LogP contribution < -0.4 is 19.1 Å². The van der Waals surface area contributed by atoms with Crippen molar-refractivity contribution in [2.24, 2.45) is 5.92 Å². The Bertz CT molecular complexity index is 1120. The lowest BCUT2D eigenvalue weighted by molar-refractivity contribution is -0.139. The number of nitrogens with zero attached hydrogens (tertiary/aromatic N) is 2. The third-order valence-corrected chi connectivity index (χ3v) is 6.60.